The van der Waals surface area contributed by atoms with Gasteiger partial charge in [-0.05, 0) is 59.7 Å². The highest BCUT2D eigenvalue weighted by Crippen LogP contribution is 2.40. The first-order chi connectivity index (χ1) is 17.4. The molecule has 0 N–H and O–H groups in total. The predicted octanol–water partition coefficient (Wildman–Crippen LogP) is 6.20. The molecule has 5 rings (SSSR count). The Morgan fingerprint density at radius 1 is 1.06 bits per heavy atom. The van der Waals surface area contributed by atoms with Crippen LogP contribution in [0.4, 0.5) is 4.79 Å². The molecule has 3 aromatic carbocycles. The monoisotopic (exact) mass is 523 g/mol. The van der Waals surface area contributed by atoms with Gasteiger partial charge in [0, 0.05) is 11.1 Å². The number of hydrogen-bond donors (Lipinski definition) is 0. The summed E-state index contributed by atoms with van der Waals surface area (Å²) in [6.45, 7) is 2.58. The number of fused-ring (bicyclic) bond motifs is 1. The molecule has 0 aromatic heterocycles. The van der Waals surface area contributed by atoms with Crippen LogP contribution in [0, 0.1) is 6.92 Å². The van der Waals surface area contributed by atoms with E-state index in [1.807, 2.05) is 31.2 Å². The molecule has 0 aliphatic carbocycles. The lowest BCUT2D eigenvalue weighted by Gasteiger charge is -2.14. The van der Waals surface area contributed by atoms with Crippen molar-refractivity contribution in [2.75, 3.05) is 13.9 Å². The predicted molar refractivity (Wildman–Crippen MR) is 138 cm³/mol. The van der Waals surface area contributed by atoms with Gasteiger partial charge >= 0.3 is 0 Å². The molecule has 2 aliphatic rings. The third-order valence-corrected chi connectivity index (χ3v) is 6.97. The normalized spacial score (nSPS) is 15.6. The fourth-order valence-electron chi connectivity index (χ4n) is 3.89. The van der Waals surface area contributed by atoms with Crippen LogP contribution in [0.1, 0.15) is 22.3 Å². The van der Waals surface area contributed by atoms with Gasteiger partial charge in [-0.3, -0.25) is 14.5 Å². The van der Waals surface area contributed by atoms with Crippen molar-refractivity contribution >= 4 is 40.6 Å². The van der Waals surface area contributed by atoms with Gasteiger partial charge in [-0.15, -0.1) is 0 Å². The number of imide groups is 1. The fourth-order valence-corrected chi connectivity index (χ4v) is 4.95. The second-order valence-corrected chi connectivity index (χ2v) is 9.65. The number of methoxy groups -OCH3 is 1. The second-order valence-electron chi connectivity index (χ2n) is 8.25. The van der Waals surface area contributed by atoms with Crippen molar-refractivity contribution in [1.82, 2.24) is 4.90 Å². The highest BCUT2D eigenvalue weighted by molar-refractivity contribution is 8.18. The first-order valence-electron chi connectivity index (χ1n) is 11.1. The largest absolute Gasteiger partial charge is 0.493 e. The highest BCUT2D eigenvalue weighted by atomic mass is 35.5. The number of carbonyl (C=O) groups is 2. The molecule has 3 aromatic rings. The van der Waals surface area contributed by atoms with Gasteiger partial charge in [-0.1, -0.05) is 47.5 Å². The number of ether oxygens (including phenoxy) is 4. The zero-order valence-electron chi connectivity index (χ0n) is 19.6. The molecule has 0 atom stereocenters. The van der Waals surface area contributed by atoms with Gasteiger partial charge in [-0.25, -0.2) is 0 Å². The zero-order valence-corrected chi connectivity index (χ0v) is 21.2. The van der Waals surface area contributed by atoms with Crippen molar-refractivity contribution < 1.29 is 28.5 Å². The Morgan fingerprint density at radius 3 is 2.64 bits per heavy atom. The number of nitrogens with zero attached hydrogens (tertiary/aromatic N) is 1. The Kier molecular flexibility index (Phi) is 6.80. The van der Waals surface area contributed by atoms with Crippen LogP contribution in [0.25, 0.3) is 6.08 Å². The fraction of sp³-hybridized carbons (Fsp3) is 0.185. The minimum absolute atomic E-state index is 0.0343. The molecule has 0 spiro atoms. The summed E-state index contributed by atoms with van der Waals surface area (Å²) in [6.07, 6.45) is 1.67. The van der Waals surface area contributed by atoms with Gasteiger partial charge in [0.1, 0.15) is 6.61 Å². The average molecular weight is 524 g/mol. The van der Waals surface area contributed by atoms with E-state index < -0.39 is 5.91 Å². The van der Waals surface area contributed by atoms with E-state index >= 15 is 0 Å². The van der Waals surface area contributed by atoms with Crippen LogP contribution < -0.4 is 18.9 Å². The summed E-state index contributed by atoms with van der Waals surface area (Å²) in [5, 5.41) is 0.0262. The maximum atomic E-state index is 13.0. The Bertz CT molecular complexity index is 1390. The summed E-state index contributed by atoms with van der Waals surface area (Å²) in [7, 11) is 1.56. The molecule has 1 fully saturated rings. The Labute approximate surface area is 217 Å². The molecule has 9 heteroatoms. The molecule has 7 nitrogen and oxygen atoms in total. The van der Waals surface area contributed by atoms with Gasteiger partial charge in [-0.2, -0.15) is 0 Å². The third-order valence-electron chi connectivity index (χ3n) is 5.71. The lowest BCUT2D eigenvalue weighted by molar-refractivity contribution is -0.123. The van der Waals surface area contributed by atoms with Crippen molar-refractivity contribution in [2.45, 2.75) is 20.1 Å². The minimum Gasteiger partial charge on any atom is -0.493 e. The van der Waals surface area contributed by atoms with Gasteiger partial charge in [0.25, 0.3) is 11.1 Å². The summed E-state index contributed by atoms with van der Waals surface area (Å²) >= 11 is 7.22. The second kappa shape index (κ2) is 10.2. The standard InChI is InChI=1S/C27H22ClNO6S/c1-16-4-3-5-18(8-16)14-33-21-7-6-17(9-22(21)32-2)10-25-26(30)29(27(31)36-25)13-19-11-23-24(12-20(19)28)35-15-34-23/h3-12H,13-15H2,1-2H3. The van der Waals surface area contributed by atoms with E-state index in [-0.39, 0.29) is 18.6 Å². The molecule has 36 heavy (non-hydrogen) atoms. The molecule has 1 saturated heterocycles. The van der Waals surface area contributed by atoms with Crippen molar-refractivity contribution in [3.8, 4) is 23.0 Å². The molecular weight excluding hydrogens is 502 g/mol. The summed E-state index contributed by atoms with van der Waals surface area (Å²) in [5.74, 6) is 1.80. The summed E-state index contributed by atoms with van der Waals surface area (Å²) in [6, 6.07) is 16.8. The van der Waals surface area contributed by atoms with E-state index in [0.717, 1.165) is 27.8 Å². The van der Waals surface area contributed by atoms with E-state index in [1.165, 1.54) is 0 Å². The van der Waals surface area contributed by atoms with Crippen LogP contribution in [0.3, 0.4) is 0 Å². The molecule has 0 radical (unpaired) electrons. The van der Waals surface area contributed by atoms with Crippen molar-refractivity contribution in [3.05, 3.63) is 86.8 Å². The number of benzene rings is 3. The highest BCUT2D eigenvalue weighted by Gasteiger charge is 2.35. The van der Waals surface area contributed by atoms with Crippen molar-refractivity contribution in [1.29, 1.82) is 0 Å². The summed E-state index contributed by atoms with van der Waals surface area (Å²) in [4.78, 5) is 27.2. The van der Waals surface area contributed by atoms with Crippen molar-refractivity contribution in [2.24, 2.45) is 0 Å². The number of aryl methyl sites for hydroxylation is 1. The molecule has 2 heterocycles. The van der Waals surface area contributed by atoms with E-state index in [1.54, 1.807) is 37.5 Å². The van der Waals surface area contributed by atoms with Crippen LogP contribution in [-0.4, -0.2) is 29.9 Å². The minimum atomic E-state index is -0.391. The quantitative estimate of drug-likeness (QED) is 0.341. The first-order valence-corrected chi connectivity index (χ1v) is 12.3. The van der Waals surface area contributed by atoms with Gasteiger partial charge in [0.15, 0.2) is 23.0 Å². The van der Waals surface area contributed by atoms with E-state index in [9.17, 15) is 9.59 Å². The van der Waals surface area contributed by atoms with Crippen LogP contribution in [-0.2, 0) is 17.9 Å². The molecule has 184 valence electrons. The van der Waals surface area contributed by atoms with Crippen LogP contribution in [0.5, 0.6) is 23.0 Å². The smallest absolute Gasteiger partial charge is 0.293 e. The maximum absolute atomic E-state index is 13.0. The number of carbonyl (C=O) groups excluding carboxylic acids is 2. The Hall–Kier alpha value is -3.62. The zero-order chi connectivity index (χ0) is 25.2. The van der Waals surface area contributed by atoms with Gasteiger partial charge in [0.05, 0.1) is 18.6 Å². The van der Waals surface area contributed by atoms with Crippen LogP contribution in [0.2, 0.25) is 5.02 Å². The Morgan fingerprint density at radius 2 is 1.86 bits per heavy atom. The first kappa shape index (κ1) is 24.1. The van der Waals surface area contributed by atoms with E-state index in [4.69, 9.17) is 30.5 Å². The SMILES string of the molecule is COc1cc(C=C2SC(=O)N(Cc3cc4c(cc3Cl)OCO4)C2=O)ccc1OCc1cccc(C)c1. The molecule has 2 amide bonds. The number of thioether (sulfide) groups is 1. The number of amides is 2. The molecule has 0 saturated carbocycles. The lowest BCUT2D eigenvalue weighted by Crippen LogP contribution is -2.27. The lowest BCUT2D eigenvalue weighted by atomic mass is 10.1. The third kappa shape index (κ3) is 5.01. The number of rotatable bonds is 7. The number of hydrogen-bond acceptors (Lipinski definition) is 7. The van der Waals surface area contributed by atoms with E-state index in [0.29, 0.717) is 50.7 Å². The van der Waals surface area contributed by atoms with Gasteiger partial charge in [0.2, 0.25) is 6.79 Å². The van der Waals surface area contributed by atoms with Crippen LogP contribution >= 0.6 is 23.4 Å². The topological polar surface area (TPSA) is 74.3 Å². The molecule has 2 aliphatic heterocycles. The average Bonchev–Trinajstić information content (AvgIpc) is 3.42. The molecule has 0 unspecified atom stereocenters. The van der Waals surface area contributed by atoms with Crippen molar-refractivity contribution in [3.63, 3.8) is 0 Å². The molecule has 0 bridgehead atoms. The number of halogens is 1. The summed E-state index contributed by atoms with van der Waals surface area (Å²) < 4.78 is 22.1. The molecular formula is C27H22ClNO6S. The summed E-state index contributed by atoms with van der Waals surface area (Å²) in [5.41, 5.74) is 3.52. The van der Waals surface area contributed by atoms with E-state index in [2.05, 4.69) is 6.07 Å². The maximum Gasteiger partial charge on any atom is 0.293 e. The Balaban J connectivity index is 1.31. The van der Waals surface area contributed by atoms with Gasteiger partial charge < -0.3 is 18.9 Å². The van der Waals surface area contributed by atoms with Crippen LogP contribution in [0.15, 0.2) is 59.5 Å².